The van der Waals surface area contributed by atoms with Crippen LogP contribution in [-0.4, -0.2) is 22.8 Å². The standard InChI is InChI=1S/C11H8ClF3N2O2/c1-10(19,11(13,14)15)9(18)17-7-3-2-6(5-16)8(12)4-7/h2-4,19H,1H3,(H,17,18)/t10-/m1/s1. The van der Waals surface area contributed by atoms with E-state index in [0.29, 0.717) is 6.92 Å². The maximum Gasteiger partial charge on any atom is 0.426 e. The Kier molecular flexibility index (Phi) is 4.08. The summed E-state index contributed by atoms with van der Waals surface area (Å²) in [6.07, 6.45) is -5.10. The number of benzene rings is 1. The molecule has 0 unspecified atom stereocenters. The quantitative estimate of drug-likeness (QED) is 0.879. The first-order chi connectivity index (χ1) is 8.59. The van der Waals surface area contributed by atoms with E-state index in [-0.39, 0.29) is 16.3 Å². The second-order valence-corrected chi connectivity index (χ2v) is 4.24. The van der Waals surface area contributed by atoms with Crippen LogP contribution in [-0.2, 0) is 4.79 Å². The Balaban J connectivity index is 2.96. The topological polar surface area (TPSA) is 73.1 Å². The second kappa shape index (κ2) is 5.07. The average Bonchev–Trinajstić information content (AvgIpc) is 2.27. The molecule has 0 aromatic heterocycles. The van der Waals surface area contributed by atoms with Crippen LogP contribution in [0.2, 0.25) is 5.02 Å². The van der Waals surface area contributed by atoms with Crippen LogP contribution in [0.25, 0.3) is 0 Å². The summed E-state index contributed by atoms with van der Waals surface area (Å²) in [5, 5.41) is 19.6. The molecule has 1 aromatic rings. The monoisotopic (exact) mass is 292 g/mol. The second-order valence-electron chi connectivity index (χ2n) is 3.83. The molecule has 0 saturated heterocycles. The zero-order chi connectivity index (χ0) is 14.8. The van der Waals surface area contributed by atoms with Crippen molar-refractivity contribution in [3.05, 3.63) is 28.8 Å². The minimum Gasteiger partial charge on any atom is -0.373 e. The first kappa shape index (κ1) is 15.3. The predicted octanol–water partition coefficient (Wildman–Crippen LogP) is 2.46. The minimum absolute atomic E-state index is 0.0213. The number of carbonyl (C=O) groups is 1. The van der Waals surface area contributed by atoms with Gasteiger partial charge in [0.25, 0.3) is 5.91 Å². The van der Waals surface area contributed by atoms with Crippen LogP contribution in [0.3, 0.4) is 0 Å². The Morgan fingerprint density at radius 2 is 2.05 bits per heavy atom. The lowest BCUT2D eigenvalue weighted by molar-refractivity contribution is -0.242. The van der Waals surface area contributed by atoms with Crippen LogP contribution in [0.4, 0.5) is 18.9 Å². The molecule has 8 heteroatoms. The lowest BCUT2D eigenvalue weighted by Gasteiger charge is -2.24. The van der Waals surface area contributed by atoms with Gasteiger partial charge in [-0.2, -0.15) is 18.4 Å². The van der Waals surface area contributed by atoms with Crippen molar-refractivity contribution in [2.24, 2.45) is 0 Å². The van der Waals surface area contributed by atoms with Gasteiger partial charge >= 0.3 is 6.18 Å². The van der Waals surface area contributed by atoms with Crippen molar-refractivity contribution >= 4 is 23.2 Å². The van der Waals surface area contributed by atoms with Crippen molar-refractivity contribution in [2.45, 2.75) is 18.7 Å². The third-order valence-corrected chi connectivity index (χ3v) is 2.65. The average molecular weight is 293 g/mol. The molecule has 0 aliphatic rings. The number of hydrogen-bond acceptors (Lipinski definition) is 3. The van der Waals surface area contributed by atoms with Crippen LogP contribution >= 0.6 is 11.6 Å². The summed E-state index contributed by atoms with van der Waals surface area (Å²) in [5.74, 6) is -1.64. The van der Waals surface area contributed by atoms with Crippen molar-refractivity contribution in [2.75, 3.05) is 5.32 Å². The molecule has 0 aliphatic carbocycles. The van der Waals surface area contributed by atoms with E-state index in [1.54, 1.807) is 6.07 Å². The number of hydrogen-bond donors (Lipinski definition) is 2. The number of alkyl halides is 3. The molecule has 0 spiro atoms. The molecule has 0 heterocycles. The number of halogens is 4. The highest BCUT2D eigenvalue weighted by molar-refractivity contribution is 6.32. The molecule has 1 amide bonds. The van der Waals surface area contributed by atoms with Crippen LogP contribution in [0.1, 0.15) is 12.5 Å². The molecule has 19 heavy (non-hydrogen) atoms. The molecule has 1 atom stereocenters. The number of nitrogens with zero attached hydrogens (tertiary/aromatic N) is 1. The van der Waals surface area contributed by atoms with E-state index < -0.39 is 17.7 Å². The van der Waals surface area contributed by atoms with E-state index in [1.165, 1.54) is 12.1 Å². The Hall–Kier alpha value is -1.78. The largest absolute Gasteiger partial charge is 0.426 e. The maximum atomic E-state index is 12.4. The van der Waals surface area contributed by atoms with Crippen LogP contribution in [0.5, 0.6) is 0 Å². The van der Waals surface area contributed by atoms with Crippen molar-refractivity contribution in [1.29, 1.82) is 5.26 Å². The smallest absolute Gasteiger partial charge is 0.373 e. The van der Waals surface area contributed by atoms with Crippen molar-refractivity contribution in [1.82, 2.24) is 0 Å². The van der Waals surface area contributed by atoms with Crippen molar-refractivity contribution in [3.8, 4) is 6.07 Å². The molecular formula is C11H8ClF3N2O2. The van der Waals surface area contributed by atoms with Gasteiger partial charge in [0, 0.05) is 5.69 Å². The highest BCUT2D eigenvalue weighted by Crippen LogP contribution is 2.31. The number of aliphatic hydroxyl groups is 1. The van der Waals surface area contributed by atoms with E-state index in [0.717, 1.165) is 6.07 Å². The molecule has 2 N–H and O–H groups in total. The van der Waals surface area contributed by atoms with Gasteiger partial charge in [-0.25, -0.2) is 0 Å². The van der Waals surface area contributed by atoms with E-state index >= 15 is 0 Å². The van der Waals surface area contributed by atoms with E-state index in [2.05, 4.69) is 0 Å². The van der Waals surface area contributed by atoms with Crippen molar-refractivity contribution in [3.63, 3.8) is 0 Å². The molecular weight excluding hydrogens is 285 g/mol. The fourth-order valence-corrected chi connectivity index (χ4v) is 1.29. The number of nitriles is 1. The first-order valence-electron chi connectivity index (χ1n) is 4.90. The molecule has 0 aliphatic heterocycles. The highest BCUT2D eigenvalue weighted by atomic mass is 35.5. The van der Waals surface area contributed by atoms with Gasteiger partial charge in [0.1, 0.15) is 6.07 Å². The molecule has 0 fully saturated rings. The molecule has 0 bridgehead atoms. The zero-order valence-corrected chi connectivity index (χ0v) is 10.3. The number of rotatable bonds is 2. The van der Waals surface area contributed by atoms with Crippen LogP contribution in [0, 0.1) is 11.3 Å². The maximum absolute atomic E-state index is 12.4. The third-order valence-electron chi connectivity index (χ3n) is 2.34. The van der Waals surface area contributed by atoms with E-state index in [4.69, 9.17) is 22.0 Å². The Morgan fingerprint density at radius 3 is 2.47 bits per heavy atom. The summed E-state index contributed by atoms with van der Waals surface area (Å²) < 4.78 is 37.2. The molecule has 102 valence electrons. The van der Waals surface area contributed by atoms with Crippen LogP contribution in [0.15, 0.2) is 18.2 Å². The lowest BCUT2D eigenvalue weighted by atomic mass is 10.1. The van der Waals surface area contributed by atoms with Gasteiger partial charge in [-0.3, -0.25) is 4.79 Å². The van der Waals surface area contributed by atoms with Crippen molar-refractivity contribution < 1.29 is 23.1 Å². The van der Waals surface area contributed by atoms with Gasteiger partial charge in [-0.15, -0.1) is 0 Å². The predicted molar refractivity (Wildman–Crippen MR) is 61.5 cm³/mol. The minimum atomic E-state index is -5.10. The number of carbonyl (C=O) groups excluding carboxylic acids is 1. The summed E-state index contributed by atoms with van der Waals surface area (Å²) >= 11 is 5.66. The van der Waals surface area contributed by atoms with E-state index in [1.807, 2.05) is 5.32 Å². The molecule has 1 rings (SSSR count). The molecule has 0 saturated carbocycles. The molecule has 0 radical (unpaired) electrons. The first-order valence-corrected chi connectivity index (χ1v) is 5.27. The number of amides is 1. The van der Waals surface area contributed by atoms with Gasteiger partial charge in [-0.05, 0) is 25.1 Å². The van der Waals surface area contributed by atoms with E-state index in [9.17, 15) is 18.0 Å². The van der Waals surface area contributed by atoms with Gasteiger partial charge in [-0.1, -0.05) is 11.6 Å². The Morgan fingerprint density at radius 1 is 1.47 bits per heavy atom. The lowest BCUT2D eigenvalue weighted by Crippen LogP contribution is -2.52. The van der Waals surface area contributed by atoms with Crippen LogP contribution < -0.4 is 5.32 Å². The number of anilines is 1. The summed E-state index contributed by atoms with van der Waals surface area (Å²) in [4.78, 5) is 11.4. The summed E-state index contributed by atoms with van der Waals surface area (Å²) in [6.45, 7) is 0.341. The SMILES string of the molecule is C[C@@](O)(C(=O)Nc1ccc(C#N)c(Cl)c1)C(F)(F)F. The normalized spacial score (nSPS) is 14.4. The zero-order valence-electron chi connectivity index (χ0n) is 9.55. The highest BCUT2D eigenvalue weighted by Gasteiger charge is 2.55. The molecule has 4 nitrogen and oxygen atoms in total. The fourth-order valence-electron chi connectivity index (χ4n) is 1.07. The van der Waals surface area contributed by atoms with Gasteiger partial charge in [0.15, 0.2) is 0 Å². The summed E-state index contributed by atoms with van der Waals surface area (Å²) in [6, 6.07) is 5.31. The summed E-state index contributed by atoms with van der Waals surface area (Å²) in [7, 11) is 0. The van der Waals surface area contributed by atoms with Gasteiger partial charge in [0.2, 0.25) is 5.60 Å². The van der Waals surface area contributed by atoms with Gasteiger partial charge < -0.3 is 10.4 Å². The Labute approximate surface area is 111 Å². The summed E-state index contributed by atoms with van der Waals surface area (Å²) in [5.41, 5.74) is -3.46. The Bertz CT molecular complexity index is 550. The van der Waals surface area contributed by atoms with Gasteiger partial charge in [0.05, 0.1) is 10.6 Å². The fraction of sp³-hybridized carbons (Fsp3) is 0.273. The third kappa shape index (κ3) is 3.16. The number of nitrogens with one attached hydrogen (secondary N) is 1. The molecule has 1 aromatic carbocycles.